The molecule has 3 aromatic rings. The Labute approximate surface area is 291 Å². The number of carbonyl (C=O) groups excluding carboxylic acids is 4. The normalized spacial score (nSPS) is 19.0. The van der Waals surface area contributed by atoms with Gasteiger partial charge in [-0.25, -0.2) is 13.4 Å². The van der Waals surface area contributed by atoms with E-state index in [1.807, 2.05) is 36.4 Å². The Hall–Kier alpha value is -5.24. The first-order valence-corrected chi connectivity index (χ1v) is 17.9. The molecule has 2 heterocycles. The number of benzene rings is 2. The van der Waals surface area contributed by atoms with E-state index in [1.54, 1.807) is 38.4 Å². The first-order valence-electron chi connectivity index (χ1n) is 16.3. The minimum Gasteiger partial charge on any atom is -0.497 e. The molecule has 264 valence electrons. The second-order valence-electron chi connectivity index (χ2n) is 12.3. The second-order valence-corrected chi connectivity index (χ2v) is 14.3. The third-order valence-corrected chi connectivity index (χ3v) is 10.8. The van der Waals surface area contributed by atoms with Crippen molar-refractivity contribution in [2.45, 2.75) is 68.0 Å². The van der Waals surface area contributed by atoms with Crippen molar-refractivity contribution in [2.75, 3.05) is 13.7 Å². The van der Waals surface area contributed by atoms with Gasteiger partial charge < -0.3 is 25.0 Å². The predicted octanol–water partition coefficient (Wildman–Crippen LogP) is 2.56. The van der Waals surface area contributed by atoms with Crippen molar-refractivity contribution < 1.29 is 37.1 Å². The molecule has 4 atom stereocenters. The molecule has 13 nitrogen and oxygen atoms in total. The molecule has 1 aliphatic heterocycles. The van der Waals surface area contributed by atoms with Gasteiger partial charge >= 0.3 is 0 Å². The molecular weight excluding hydrogens is 662 g/mol. The number of ether oxygens (including phenoxy) is 2. The quantitative estimate of drug-likeness (QED) is 0.159. The molecule has 50 heavy (non-hydrogen) atoms. The van der Waals surface area contributed by atoms with Crippen LogP contribution in [0.5, 0.6) is 11.6 Å². The number of nitrogens with zero attached hydrogens (tertiary/aromatic N) is 2. The van der Waals surface area contributed by atoms with Crippen molar-refractivity contribution >= 4 is 44.4 Å². The Balaban J connectivity index is 1.46. The number of pyridine rings is 1. The van der Waals surface area contributed by atoms with Gasteiger partial charge in [0.25, 0.3) is 5.91 Å². The maximum atomic E-state index is 14.3. The molecule has 2 fully saturated rings. The molecule has 1 saturated carbocycles. The third kappa shape index (κ3) is 7.96. The molecule has 5 rings (SSSR count). The Morgan fingerprint density at radius 2 is 1.84 bits per heavy atom. The molecule has 1 aliphatic carbocycles. The maximum absolute atomic E-state index is 14.3. The van der Waals surface area contributed by atoms with Crippen LogP contribution in [0.15, 0.2) is 86.1 Å². The number of sulfonamides is 1. The lowest BCUT2D eigenvalue weighted by Gasteiger charge is -2.33. The van der Waals surface area contributed by atoms with E-state index in [2.05, 4.69) is 33.5 Å². The van der Waals surface area contributed by atoms with Gasteiger partial charge in [-0.15, -0.1) is 6.58 Å². The van der Waals surface area contributed by atoms with Gasteiger partial charge in [-0.05, 0) is 60.6 Å². The molecule has 3 N–H and O–H groups in total. The number of likely N-dealkylation sites (tertiary alicyclic amines) is 1. The van der Waals surface area contributed by atoms with Crippen molar-refractivity contribution in [3.05, 3.63) is 91.7 Å². The molecule has 1 saturated heterocycles. The van der Waals surface area contributed by atoms with Crippen molar-refractivity contribution in [1.29, 1.82) is 0 Å². The average molecular weight is 704 g/mol. The molecule has 1 aromatic heterocycles. The van der Waals surface area contributed by atoms with Crippen LogP contribution >= 0.6 is 0 Å². The molecule has 0 spiro atoms. The first-order chi connectivity index (χ1) is 23.9. The number of nitrogens with one attached hydrogen (secondary N) is 3. The van der Waals surface area contributed by atoms with E-state index in [0.29, 0.717) is 24.0 Å². The highest BCUT2D eigenvalue weighted by Gasteiger charge is 2.47. The zero-order valence-electron chi connectivity index (χ0n) is 28.0. The van der Waals surface area contributed by atoms with E-state index < -0.39 is 62.6 Å². The van der Waals surface area contributed by atoms with Crippen LogP contribution in [0.1, 0.15) is 38.2 Å². The van der Waals surface area contributed by atoms with E-state index in [-0.39, 0.29) is 31.7 Å². The zero-order chi connectivity index (χ0) is 36.1. The first kappa shape index (κ1) is 36.1. The number of hydrogen-bond acceptors (Lipinski definition) is 9. The molecule has 14 heteroatoms. The second kappa shape index (κ2) is 15.1. The summed E-state index contributed by atoms with van der Waals surface area (Å²) in [6.07, 6.45) is 4.06. The molecule has 0 bridgehead atoms. The third-order valence-electron chi connectivity index (χ3n) is 9.00. The van der Waals surface area contributed by atoms with Crippen LogP contribution in [0, 0.1) is 0 Å². The Morgan fingerprint density at radius 3 is 2.48 bits per heavy atom. The topological polar surface area (TPSA) is 173 Å². The number of methoxy groups -OCH3 is 1. The number of aromatic nitrogens is 1. The van der Waals surface area contributed by atoms with Gasteiger partial charge in [0.1, 0.15) is 29.5 Å². The summed E-state index contributed by atoms with van der Waals surface area (Å²) in [5.74, 6) is -1.89. The van der Waals surface area contributed by atoms with Gasteiger partial charge in [-0.2, -0.15) is 0 Å². The van der Waals surface area contributed by atoms with Crippen LogP contribution in [-0.2, 0) is 35.6 Å². The fraction of sp³-hybridized carbons (Fsp3) is 0.361. The minimum atomic E-state index is -3.94. The summed E-state index contributed by atoms with van der Waals surface area (Å²) in [5.41, 5.74) is -1.03. The van der Waals surface area contributed by atoms with Gasteiger partial charge in [-0.3, -0.25) is 23.9 Å². The Bertz CT molecular complexity index is 1900. The smallest absolute Gasteiger partial charge is 0.263 e. The van der Waals surface area contributed by atoms with E-state index in [9.17, 15) is 27.6 Å². The Kier molecular flexibility index (Phi) is 10.9. The van der Waals surface area contributed by atoms with E-state index >= 15 is 0 Å². The van der Waals surface area contributed by atoms with Crippen LogP contribution < -0.4 is 24.8 Å². The van der Waals surface area contributed by atoms with E-state index in [4.69, 9.17) is 9.47 Å². The fourth-order valence-electron chi connectivity index (χ4n) is 5.94. The average Bonchev–Trinajstić information content (AvgIpc) is 3.91. The van der Waals surface area contributed by atoms with Gasteiger partial charge in [0.15, 0.2) is 0 Å². The van der Waals surface area contributed by atoms with Crippen molar-refractivity contribution in [2.24, 2.45) is 0 Å². The highest BCUT2D eigenvalue weighted by Crippen LogP contribution is 2.31. The van der Waals surface area contributed by atoms with E-state index in [0.717, 1.165) is 17.0 Å². The monoisotopic (exact) mass is 703 g/mol. The molecule has 4 amide bonds. The number of rotatable bonds is 15. The van der Waals surface area contributed by atoms with Crippen LogP contribution in [0.2, 0.25) is 0 Å². The Morgan fingerprint density at radius 1 is 1.10 bits per heavy atom. The summed E-state index contributed by atoms with van der Waals surface area (Å²) in [6.45, 7) is 8.78. The summed E-state index contributed by atoms with van der Waals surface area (Å²) in [7, 11) is -2.37. The van der Waals surface area contributed by atoms with Crippen molar-refractivity contribution in [1.82, 2.24) is 25.2 Å². The van der Waals surface area contributed by atoms with Gasteiger partial charge in [0.05, 0.1) is 18.9 Å². The van der Waals surface area contributed by atoms with Gasteiger partial charge in [0.2, 0.25) is 33.6 Å². The largest absolute Gasteiger partial charge is 0.497 e. The lowest BCUT2D eigenvalue weighted by atomic mass is 9.94. The van der Waals surface area contributed by atoms with Crippen molar-refractivity contribution in [3.8, 4) is 11.6 Å². The zero-order valence-corrected chi connectivity index (χ0v) is 28.8. The SMILES string of the molecule is C=CC(=O)NC(Cc1ccccc1)C(=O)N1CC(Oc2nccc3cc(OC)ccc23)CC1C(=O)NC(C=C)(CC)C(=O)NS(=O)(=O)C1CC1. The number of fused-ring (bicyclic) bond motifs is 1. The number of carbonyl (C=O) groups is 4. The summed E-state index contributed by atoms with van der Waals surface area (Å²) in [5, 5.41) is 6.20. The molecular formula is C36H41N5O8S. The van der Waals surface area contributed by atoms with Gasteiger partial charge in [0, 0.05) is 24.4 Å². The molecule has 2 aliphatic rings. The summed E-state index contributed by atoms with van der Waals surface area (Å²) >= 11 is 0. The van der Waals surface area contributed by atoms with Crippen LogP contribution in [0.25, 0.3) is 10.8 Å². The van der Waals surface area contributed by atoms with Crippen LogP contribution in [0.4, 0.5) is 0 Å². The van der Waals surface area contributed by atoms with E-state index in [1.165, 1.54) is 11.0 Å². The molecule has 2 aromatic carbocycles. The van der Waals surface area contributed by atoms with Gasteiger partial charge in [-0.1, -0.05) is 49.9 Å². The lowest BCUT2D eigenvalue weighted by Crippen LogP contribution is -2.62. The standard InChI is InChI=1S/C36H41N5O8S/c1-5-31(42)38-29(19-23-11-9-8-10-12-23)34(44)41-22-26(49-33-28-16-13-25(48-4)20-24(28)17-18-37-33)21-30(41)32(43)39-36(6-2,7-3)35(45)40-50(46,47)27-14-15-27/h5-6,8-13,16-18,20,26-27,29-30H,1-2,7,14-15,19,21-22H2,3-4H3,(H,38,42)(H,39,43)(H,40,45). The van der Waals surface area contributed by atoms with Crippen LogP contribution in [0.3, 0.4) is 0 Å². The molecule has 4 unspecified atom stereocenters. The van der Waals surface area contributed by atoms with Crippen LogP contribution in [-0.4, -0.2) is 84.6 Å². The minimum absolute atomic E-state index is 0.00180. The lowest BCUT2D eigenvalue weighted by molar-refractivity contribution is -0.142. The predicted molar refractivity (Wildman–Crippen MR) is 187 cm³/mol. The summed E-state index contributed by atoms with van der Waals surface area (Å²) < 4.78 is 39.1. The number of amides is 4. The fourth-order valence-corrected chi connectivity index (χ4v) is 7.31. The number of hydrogen-bond donors (Lipinski definition) is 3. The summed E-state index contributed by atoms with van der Waals surface area (Å²) in [4.78, 5) is 60.2. The van der Waals surface area contributed by atoms with Crippen molar-refractivity contribution in [3.63, 3.8) is 0 Å². The highest BCUT2D eigenvalue weighted by atomic mass is 32.2. The summed E-state index contributed by atoms with van der Waals surface area (Å²) in [6, 6.07) is 14.0. The maximum Gasteiger partial charge on any atom is 0.263 e. The highest BCUT2D eigenvalue weighted by molar-refractivity contribution is 7.91. The molecule has 0 radical (unpaired) electrons.